The van der Waals surface area contributed by atoms with Crippen LogP contribution in [0.4, 0.5) is 5.82 Å². The second kappa shape index (κ2) is 5.37. The van der Waals surface area contributed by atoms with Crippen molar-refractivity contribution in [3.05, 3.63) is 34.5 Å². The van der Waals surface area contributed by atoms with Crippen molar-refractivity contribution in [3.63, 3.8) is 0 Å². The monoisotopic (exact) mass is 291 g/mol. The van der Waals surface area contributed by atoms with Gasteiger partial charge in [-0.1, -0.05) is 0 Å². The minimum Gasteiger partial charge on any atom is -0.477 e. The molecule has 9 heteroatoms. The Morgan fingerprint density at radius 2 is 2.00 bits per heavy atom. The van der Waals surface area contributed by atoms with Crippen LogP contribution in [0, 0.1) is 0 Å². The van der Waals surface area contributed by atoms with E-state index in [4.69, 9.17) is 9.84 Å². The van der Waals surface area contributed by atoms with Crippen LogP contribution in [0.2, 0.25) is 0 Å². The Morgan fingerprint density at radius 1 is 1.29 bits per heavy atom. The van der Waals surface area contributed by atoms with Crippen LogP contribution < -0.4 is 10.5 Å². The smallest absolute Gasteiger partial charge is 0.342 e. The molecule has 3 rings (SSSR count). The topological polar surface area (TPSA) is 113 Å². The van der Waals surface area contributed by atoms with Crippen LogP contribution in [0.5, 0.6) is 0 Å². The number of morpholine rings is 1. The molecular formula is C12H13N5O4. The molecule has 3 heterocycles. The standard InChI is InChI=1S/C12H13N5O4/c18-11-8(12(19)20)6-15-17(11)10-5-9(13-7-14-10)16-1-3-21-4-2-16/h5-7,15H,1-4H2,(H,19,20). The molecule has 9 nitrogen and oxygen atoms in total. The number of nitrogens with one attached hydrogen (secondary N) is 1. The van der Waals surface area contributed by atoms with Gasteiger partial charge in [-0.15, -0.1) is 0 Å². The van der Waals surface area contributed by atoms with E-state index in [0.29, 0.717) is 37.9 Å². The predicted molar refractivity (Wildman–Crippen MR) is 72.0 cm³/mol. The Bertz CT molecular complexity index is 716. The number of aromatic amines is 1. The van der Waals surface area contributed by atoms with Gasteiger partial charge in [0.1, 0.15) is 17.7 Å². The second-order valence-corrected chi connectivity index (χ2v) is 4.47. The molecule has 2 N–H and O–H groups in total. The Balaban J connectivity index is 1.96. The summed E-state index contributed by atoms with van der Waals surface area (Å²) in [7, 11) is 0. The average Bonchev–Trinajstić information content (AvgIpc) is 2.90. The Labute approximate surface area is 118 Å². The van der Waals surface area contributed by atoms with Crippen molar-refractivity contribution in [3.8, 4) is 5.82 Å². The highest BCUT2D eigenvalue weighted by Crippen LogP contribution is 2.14. The molecule has 2 aromatic heterocycles. The number of hydrogen-bond acceptors (Lipinski definition) is 6. The summed E-state index contributed by atoms with van der Waals surface area (Å²) in [6, 6.07) is 1.63. The lowest BCUT2D eigenvalue weighted by Crippen LogP contribution is -2.37. The number of rotatable bonds is 3. The predicted octanol–water partition coefficient (Wildman–Crippen LogP) is -0.510. The first kappa shape index (κ1) is 13.3. The second-order valence-electron chi connectivity index (χ2n) is 4.47. The highest BCUT2D eigenvalue weighted by molar-refractivity contribution is 5.86. The summed E-state index contributed by atoms with van der Waals surface area (Å²) in [5.74, 6) is -0.317. The molecule has 21 heavy (non-hydrogen) atoms. The van der Waals surface area contributed by atoms with Gasteiger partial charge in [-0.25, -0.2) is 19.4 Å². The molecule has 1 aliphatic rings. The van der Waals surface area contributed by atoms with Crippen molar-refractivity contribution in [1.29, 1.82) is 0 Å². The number of anilines is 1. The van der Waals surface area contributed by atoms with E-state index in [2.05, 4.69) is 15.1 Å². The fourth-order valence-electron chi connectivity index (χ4n) is 2.12. The van der Waals surface area contributed by atoms with Crippen LogP contribution in [0.15, 0.2) is 23.4 Å². The molecule has 1 aliphatic heterocycles. The van der Waals surface area contributed by atoms with E-state index in [9.17, 15) is 9.59 Å². The van der Waals surface area contributed by atoms with Gasteiger partial charge in [0.05, 0.1) is 13.2 Å². The molecule has 0 aliphatic carbocycles. The van der Waals surface area contributed by atoms with Crippen LogP contribution in [0.1, 0.15) is 10.4 Å². The fraction of sp³-hybridized carbons (Fsp3) is 0.333. The summed E-state index contributed by atoms with van der Waals surface area (Å²) in [4.78, 5) is 33.0. The van der Waals surface area contributed by atoms with E-state index in [-0.39, 0.29) is 5.56 Å². The van der Waals surface area contributed by atoms with E-state index in [1.54, 1.807) is 6.07 Å². The third kappa shape index (κ3) is 2.50. The summed E-state index contributed by atoms with van der Waals surface area (Å²) in [5.41, 5.74) is -0.990. The highest BCUT2D eigenvalue weighted by atomic mass is 16.5. The maximum atomic E-state index is 12.0. The summed E-state index contributed by atoms with van der Waals surface area (Å²) in [6.45, 7) is 2.64. The minimum absolute atomic E-state index is 0.295. The molecule has 0 radical (unpaired) electrons. The molecule has 2 aromatic rings. The number of aromatic nitrogens is 4. The van der Waals surface area contributed by atoms with Gasteiger partial charge < -0.3 is 14.7 Å². The van der Waals surface area contributed by atoms with Crippen LogP contribution >= 0.6 is 0 Å². The normalized spacial score (nSPS) is 15.1. The van der Waals surface area contributed by atoms with Crippen LogP contribution in [-0.4, -0.2) is 57.1 Å². The molecule has 0 unspecified atom stereocenters. The SMILES string of the molecule is O=C(O)c1c[nH]n(-c2cc(N3CCOCC3)ncn2)c1=O. The molecule has 0 saturated carbocycles. The molecule has 1 fully saturated rings. The van der Waals surface area contributed by atoms with Gasteiger partial charge >= 0.3 is 5.97 Å². The summed E-state index contributed by atoms with van der Waals surface area (Å²) < 4.78 is 6.35. The lowest BCUT2D eigenvalue weighted by Gasteiger charge is -2.27. The zero-order chi connectivity index (χ0) is 14.8. The van der Waals surface area contributed by atoms with Crippen LogP contribution in [0.25, 0.3) is 5.82 Å². The number of hydrogen-bond donors (Lipinski definition) is 2. The number of aromatic carboxylic acids is 1. The van der Waals surface area contributed by atoms with Gasteiger partial charge in [-0.3, -0.25) is 9.89 Å². The number of carboxylic acids is 1. The van der Waals surface area contributed by atoms with E-state index in [1.165, 1.54) is 6.33 Å². The maximum absolute atomic E-state index is 12.0. The largest absolute Gasteiger partial charge is 0.477 e. The molecule has 0 amide bonds. The van der Waals surface area contributed by atoms with Gasteiger partial charge in [0.25, 0.3) is 5.56 Å². The molecular weight excluding hydrogens is 278 g/mol. The van der Waals surface area contributed by atoms with Gasteiger partial charge in [0.2, 0.25) is 0 Å². The van der Waals surface area contributed by atoms with E-state index in [1.807, 2.05) is 4.90 Å². The third-order valence-electron chi connectivity index (χ3n) is 3.20. The molecule has 110 valence electrons. The Hall–Kier alpha value is -2.68. The van der Waals surface area contributed by atoms with Crippen LogP contribution in [-0.2, 0) is 4.74 Å². The molecule has 0 bridgehead atoms. The van der Waals surface area contributed by atoms with Crippen molar-refractivity contribution in [2.24, 2.45) is 0 Å². The molecule has 0 spiro atoms. The quantitative estimate of drug-likeness (QED) is 0.783. The van der Waals surface area contributed by atoms with E-state index >= 15 is 0 Å². The molecule has 0 aromatic carbocycles. The van der Waals surface area contributed by atoms with Crippen molar-refractivity contribution >= 4 is 11.8 Å². The number of carboxylic acid groups (broad SMARTS) is 1. The lowest BCUT2D eigenvalue weighted by atomic mass is 10.3. The Kier molecular flexibility index (Phi) is 3.40. The zero-order valence-electron chi connectivity index (χ0n) is 11.0. The van der Waals surface area contributed by atoms with Gasteiger partial charge in [-0.05, 0) is 0 Å². The van der Waals surface area contributed by atoms with Crippen molar-refractivity contribution < 1.29 is 14.6 Å². The maximum Gasteiger partial charge on any atom is 0.342 e. The molecule has 0 atom stereocenters. The first-order valence-corrected chi connectivity index (χ1v) is 6.35. The van der Waals surface area contributed by atoms with E-state index < -0.39 is 11.5 Å². The summed E-state index contributed by atoms with van der Waals surface area (Å²) in [6.07, 6.45) is 2.48. The number of nitrogens with zero attached hydrogens (tertiary/aromatic N) is 4. The highest BCUT2D eigenvalue weighted by Gasteiger charge is 2.17. The third-order valence-corrected chi connectivity index (χ3v) is 3.20. The van der Waals surface area contributed by atoms with Crippen molar-refractivity contribution in [1.82, 2.24) is 19.7 Å². The number of ether oxygens (including phenoxy) is 1. The van der Waals surface area contributed by atoms with Crippen molar-refractivity contribution in [2.75, 3.05) is 31.2 Å². The zero-order valence-corrected chi connectivity index (χ0v) is 11.0. The minimum atomic E-state index is -1.28. The Morgan fingerprint density at radius 3 is 2.67 bits per heavy atom. The average molecular weight is 291 g/mol. The lowest BCUT2D eigenvalue weighted by molar-refractivity contribution is 0.0695. The number of carbonyl (C=O) groups is 1. The van der Waals surface area contributed by atoms with E-state index in [0.717, 1.165) is 10.9 Å². The number of H-pyrrole nitrogens is 1. The van der Waals surface area contributed by atoms with Gasteiger partial charge in [0, 0.05) is 25.4 Å². The first-order chi connectivity index (χ1) is 10.2. The summed E-state index contributed by atoms with van der Waals surface area (Å²) in [5, 5.41) is 11.5. The molecule has 1 saturated heterocycles. The summed E-state index contributed by atoms with van der Waals surface area (Å²) >= 11 is 0. The van der Waals surface area contributed by atoms with Crippen LogP contribution in [0.3, 0.4) is 0 Å². The first-order valence-electron chi connectivity index (χ1n) is 6.35. The van der Waals surface area contributed by atoms with Gasteiger partial charge in [-0.2, -0.15) is 0 Å². The van der Waals surface area contributed by atoms with Crippen molar-refractivity contribution in [2.45, 2.75) is 0 Å². The van der Waals surface area contributed by atoms with Gasteiger partial charge in [0.15, 0.2) is 5.82 Å². The fourth-order valence-corrected chi connectivity index (χ4v) is 2.12.